The van der Waals surface area contributed by atoms with E-state index in [-0.39, 0.29) is 17.6 Å². The van der Waals surface area contributed by atoms with Gasteiger partial charge in [-0.2, -0.15) is 4.68 Å². The Kier molecular flexibility index (Phi) is 4.67. The van der Waals surface area contributed by atoms with Gasteiger partial charge >= 0.3 is 11.2 Å². The largest absolute Gasteiger partial charge is 0.383 e. The number of aromatic nitrogens is 3. The van der Waals surface area contributed by atoms with Gasteiger partial charge in [-0.05, 0) is 31.6 Å². The Balaban J connectivity index is 1.81. The molecule has 1 saturated carbocycles. The van der Waals surface area contributed by atoms with Crippen LogP contribution in [0.5, 0.6) is 0 Å². The summed E-state index contributed by atoms with van der Waals surface area (Å²) in [6.07, 6.45) is 3.54. The topological polar surface area (TPSA) is 121 Å². The summed E-state index contributed by atoms with van der Waals surface area (Å²) in [6.45, 7) is 6.30. The SMILES string of the molecule is COCC(N)C1CN(c2cnc3c(=O)n(N)c(=O)n(C4CC4)c3c2C)CC1C. The summed E-state index contributed by atoms with van der Waals surface area (Å²) in [7, 11) is 1.66. The summed E-state index contributed by atoms with van der Waals surface area (Å²) >= 11 is 0. The van der Waals surface area contributed by atoms with Crippen molar-refractivity contribution in [2.45, 2.75) is 38.8 Å². The van der Waals surface area contributed by atoms with Crippen molar-refractivity contribution in [1.82, 2.24) is 14.2 Å². The molecule has 4 rings (SSSR count). The van der Waals surface area contributed by atoms with Gasteiger partial charge in [-0.15, -0.1) is 0 Å². The van der Waals surface area contributed by atoms with Gasteiger partial charge in [0.15, 0.2) is 5.52 Å². The summed E-state index contributed by atoms with van der Waals surface area (Å²) in [6, 6.07) is 0.0503. The van der Waals surface area contributed by atoms with Crippen LogP contribution in [-0.2, 0) is 4.74 Å². The first-order valence-corrected chi connectivity index (χ1v) is 9.76. The lowest BCUT2D eigenvalue weighted by atomic mass is 9.91. The predicted molar refractivity (Wildman–Crippen MR) is 108 cm³/mol. The fourth-order valence-corrected chi connectivity index (χ4v) is 4.50. The molecule has 1 aliphatic heterocycles. The lowest BCUT2D eigenvalue weighted by Crippen LogP contribution is -2.45. The number of methoxy groups -OCH3 is 1. The molecule has 3 heterocycles. The van der Waals surface area contributed by atoms with E-state index in [4.69, 9.17) is 16.3 Å². The van der Waals surface area contributed by atoms with Crippen molar-refractivity contribution in [3.05, 3.63) is 32.6 Å². The quantitative estimate of drug-likeness (QED) is 0.689. The molecule has 9 heteroatoms. The van der Waals surface area contributed by atoms with Crippen molar-refractivity contribution in [3.63, 3.8) is 0 Å². The second-order valence-corrected chi connectivity index (χ2v) is 8.19. The zero-order valence-electron chi connectivity index (χ0n) is 16.6. The molecule has 0 bridgehead atoms. The lowest BCUT2D eigenvalue weighted by molar-refractivity contribution is 0.152. The third-order valence-electron chi connectivity index (χ3n) is 6.19. The number of fused-ring (bicyclic) bond motifs is 1. The van der Waals surface area contributed by atoms with Crippen LogP contribution in [0.15, 0.2) is 15.8 Å². The van der Waals surface area contributed by atoms with Crippen molar-refractivity contribution < 1.29 is 4.74 Å². The Labute approximate surface area is 162 Å². The van der Waals surface area contributed by atoms with Gasteiger partial charge in [0.2, 0.25) is 0 Å². The predicted octanol–water partition coefficient (Wildman–Crippen LogP) is -0.0387. The summed E-state index contributed by atoms with van der Waals surface area (Å²) in [5, 5.41) is 0. The Morgan fingerprint density at radius 3 is 2.68 bits per heavy atom. The number of nitrogen functional groups attached to an aromatic ring is 1. The summed E-state index contributed by atoms with van der Waals surface area (Å²) in [5.41, 5.74) is 7.96. The average molecular weight is 388 g/mol. The molecule has 1 saturated heterocycles. The highest BCUT2D eigenvalue weighted by Gasteiger charge is 2.36. The van der Waals surface area contributed by atoms with Gasteiger partial charge < -0.3 is 21.2 Å². The Bertz CT molecular complexity index is 1020. The van der Waals surface area contributed by atoms with Crippen LogP contribution in [-0.4, -0.2) is 47.1 Å². The molecule has 1 aliphatic carbocycles. The smallest absolute Gasteiger partial charge is 0.350 e. The molecular formula is C19H28N6O3. The van der Waals surface area contributed by atoms with Gasteiger partial charge in [0, 0.05) is 37.8 Å². The number of rotatable bonds is 5. The number of nitrogens with two attached hydrogens (primary N) is 2. The van der Waals surface area contributed by atoms with Crippen LogP contribution in [0, 0.1) is 18.8 Å². The van der Waals surface area contributed by atoms with E-state index < -0.39 is 11.2 Å². The summed E-state index contributed by atoms with van der Waals surface area (Å²) in [5.74, 6) is 6.43. The first-order chi connectivity index (χ1) is 13.3. The molecule has 9 nitrogen and oxygen atoms in total. The first-order valence-electron chi connectivity index (χ1n) is 9.76. The molecule has 3 unspecified atom stereocenters. The molecule has 4 N–H and O–H groups in total. The molecule has 152 valence electrons. The normalized spacial score (nSPS) is 23.5. The van der Waals surface area contributed by atoms with Crippen molar-refractivity contribution in [2.75, 3.05) is 37.5 Å². The monoisotopic (exact) mass is 388 g/mol. The van der Waals surface area contributed by atoms with Gasteiger partial charge in [0.25, 0.3) is 0 Å². The minimum absolute atomic E-state index is 0.0344. The third kappa shape index (κ3) is 2.89. The molecule has 2 aromatic heterocycles. The molecule has 0 aromatic carbocycles. The van der Waals surface area contributed by atoms with E-state index in [9.17, 15) is 9.59 Å². The summed E-state index contributed by atoms with van der Waals surface area (Å²) < 4.78 is 7.55. The van der Waals surface area contributed by atoms with Crippen molar-refractivity contribution >= 4 is 16.7 Å². The fraction of sp³-hybridized carbons (Fsp3) is 0.632. The van der Waals surface area contributed by atoms with E-state index in [1.54, 1.807) is 17.9 Å². The van der Waals surface area contributed by atoms with Crippen LogP contribution >= 0.6 is 0 Å². The second-order valence-electron chi connectivity index (χ2n) is 8.19. The van der Waals surface area contributed by atoms with E-state index in [0.29, 0.717) is 28.6 Å². The minimum atomic E-state index is -0.554. The Hall–Kier alpha value is -2.39. The van der Waals surface area contributed by atoms with E-state index in [0.717, 1.165) is 37.2 Å². The highest BCUT2D eigenvalue weighted by molar-refractivity contribution is 5.83. The molecule has 2 aromatic rings. The number of aryl methyl sites for hydroxylation is 1. The molecule has 0 radical (unpaired) electrons. The van der Waals surface area contributed by atoms with Gasteiger partial charge in [-0.1, -0.05) is 6.92 Å². The maximum absolute atomic E-state index is 12.7. The standard InChI is InChI=1S/C19H28N6O3/c1-10-7-23(8-13(10)14(20)9-28-3)15-6-22-16-17(11(15)2)24(12-4-5-12)19(27)25(21)18(16)26/h6,10,12-14H,4-5,7-9,20-21H2,1-3H3. The molecular weight excluding hydrogens is 360 g/mol. The lowest BCUT2D eigenvalue weighted by Gasteiger charge is -2.24. The third-order valence-corrected chi connectivity index (χ3v) is 6.19. The molecule has 3 atom stereocenters. The fourth-order valence-electron chi connectivity index (χ4n) is 4.50. The highest BCUT2D eigenvalue weighted by Crippen LogP contribution is 2.38. The van der Waals surface area contributed by atoms with Crippen LogP contribution in [0.3, 0.4) is 0 Å². The van der Waals surface area contributed by atoms with E-state index in [2.05, 4.69) is 16.8 Å². The van der Waals surface area contributed by atoms with Crippen LogP contribution in [0.25, 0.3) is 11.0 Å². The number of ether oxygens (including phenoxy) is 1. The number of pyridine rings is 1. The Morgan fingerprint density at radius 2 is 2.04 bits per heavy atom. The van der Waals surface area contributed by atoms with Crippen molar-refractivity contribution in [2.24, 2.45) is 17.6 Å². The zero-order valence-corrected chi connectivity index (χ0v) is 16.6. The van der Waals surface area contributed by atoms with Crippen LogP contribution in [0.1, 0.15) is 31.4 Å². The number of hydrogen-bond acceptors (Lipinski definition) is 7. The molecule has 0 spiro atoms. The van der Waals surface area contributed by atoms with E-state index in [1.807, 2.05) is 6.92 Å². The number of hydrogen-bond donors (Lipinski definition) is 2. The average Bonchev–Trinajstić information content (AvgIpc) is 3.42. The zero-order chi connectivity index (χ0) is 20.2. The number of anilines is 1. The second kappa shape index (κ2) is 6.89. The van der Waals surface area contributed by atoms with Crippen LogP contribution in [0.2, 0.25) is 0 Å². The first kappa shape index (κ1) is 18.9. The molecule has 2 fully saturated rings. The maximum atomic E-state index is 12.7. The van der Waals surface area contributed by atoms with Gasteiger partial charge in [0.05, 0.1) is 24.0 Å². The molecule has 2 aliphatic rings. The van der Waals surface area contributed by atoms with Crippen molar-refractivity contribution in [1.29, 1.82) is 0 Å². The highest BCUT2D eigenvalue weighted by atomic mass is 16.5. The summed E-state index contributed by atoms with van der Waals surface area (Å²) in [4.78, 5) is 31.8. The Morgan fingerprint density at radius 1 is 1.32 bits per heavy atom. The molecule has 28 heavy (non-hydrogen) atoms. The maximum Gasteiger partial charge on any atom is 0.350 e. The van der Waals surface area contributed by atoms with Gasteiger partial charge in [-0.3, -0.25) is 9.36 Å². The molecule has 0 amide bonds. The van der Waals surface area contributed by atoms with Crippen LogP contribution in [0.4, 0.5) is 5.69 Å². The van der Waals surface area contributed by atoms with Gasteiger partial charge in [-0.25, -0.2) is 9.78 Å². The van der Waals surface area contributed by atoms with Crippen molar-refractivity contribution in [3.8, 4) is 0 Å². The minimum Gasteiger partial charge on any atom is -0.383 e. The van der Waals surface area contributed by atoms with E-state index >= 15 is 0 Å². The number of nitrogens with zero attached hydrogens (tertiary/aromatic N) is 4. The van der Waals surface area contributed by atoms with E-state index in [1.165, 1.54) is 0 Å². The van der Waals surface area contributed by atoms with Crippen LogP contribution < -0.4 is 27.7 Å². The van der Waals surface area contributed by atoms with Gasteiger partial charge in [0.1, 0.15) is 0 Å².